The molecule has 1 atom stereocenters. The van der Waals surface area contributed by atoms with Crippen molar-refractivity contribution < 1.29 is 9.90 Å². The number of aliphatic hydroxyl groups is 1. The van der Waals surface area contributed by atoms with E-state index in [0.717, 1.165) is 4.47 Å². The molecule has 96 valence electrons. The summed E-state index contributed by atoms with van der Waals surface area (Å²) in [6.07, 6.45) is 2.60. The Hall–Kier alpha value is -0.810. The first-order valence-electron chi connectivity index (χ1n) is 5.78. The predicted molar refractivity (Wildman–Crippen MR) is 71.1 cm³/mol. The number of halogens is 1. The molecule has 0 aromatic carbocycles. The smallest absolute Gasteiger partial charge is 0.268 e. The minimum atomic E-state index is -0.184. The van der Waals surface area contributed by atoms with Gasteiger partial charge >= 0.3 is 0 Å². The Bertz CT molecular complexity index is 384. The van der Waals surface area contributed by atoms with Crippen LogP contribution in [0, 0.1) is 0 Å². The van der Waals surface area contributed by atoms with Crippen LogP contribution in [-0.4, -0.2) is 28.2 Å². The van der Waals surface area contributed by atoms with Gasteiger partial charge in [0.25, 0.3) is 5.91 Å². The van der Waals surface area contributed by atoms with E-state index in [0.29, 0.717) is 12.1 Å². The molecule has 17 heavy (non-hydrogen) atoms. The molecule has 2 N–H and O–H groups in total. The first-order valence-corrected chi connectivity index (χ1v) is 6.58. The molecule has 0 aliphatic carbocycles. The molecule has 0 spiro atoms. The third kappa shape index (κ3) is 3.57. The first kappa shape index (κ1) is 14.3. The Morgan fingerprint density at radius 1 is 1.59 bits per heavy atom. The van der Waals surface area contributed by atoms with Crippen molar-refractivity contribution >= 4 is 21.8 Å². The van der Waals surface area contributed by atoms with Crippen molar-refractivity contribution in [2.75, 3.05) is 6.61 Å². The molecular weight excluding hydrogens is 284 g/mol. The molecule has 0 radical (unpaired) electrons. The van der Waals surface area contributed by atoms with Crippen LogP contribution in [0.5, 0.6) is 0 Å². The summed E-state index contributed by atoms with van der Waals surface area (Å²) < 4.78 is 2.79. The van der Waals surface area contributed by atoms with Crippen molar-refractivity contribution in [2.45, 2.75) is 39.3 Å². The number of aliphatic hydroxyl groups excluding tert-OH is 1. The van der Waals surface area contributed by atoms with Crippen LogP contribution in [0.4, 0.5) is 0 Å². The van der Waals surface area contributed by atoms with Crippen LogP contribution in [0.2, 0.25) is 0 Å². The van der Waals surface area contributed by atoms with E-state index in [2.05, 4.69) is 21.2 Å². The normalized spacial score (nSPS) is 12.8. The van der Waals surface area contributed by atoms with Gasteiger partial charge in [0.2, 0.25) is 0 Å². The van der Waals surface area contributed by atoms with Gasteiger partial charge in [-0.25, -0.2) is 0 Å². The van der Waals surface area contributed by atoms with Gasteiger partial charge in [-0.1, -0.05) is 6.92 Å². The lowest BCUT2D eigenvalue weighted by Crippen LogP contribution is -2.38. The fraction of sp³-hybridized carbons (Fsp3) is 0.583. The summed E-state index contributed by atoms with van der Waals surface area (Å²) in [4.78, 5) is 12.0. The third-order valence-electron chi connectivity index (χ3n) is 2.65. The van der Waals surface area contributed by atoms with Crippen LogP contribution in [0.25, 0.3) is 0 Å². The largest absolute Gasteiger partial charge is 0.394 e. The summed E-state index contributed by atoms with van der Waals surface area (Å²) in [6, 6.07) is 1.83. The minimum absolute atomic E-state index is 0.0359. The Morgan fingerprint density at radius 3 is 2.71 bits per heavy atom. The molecular formula is C12H19BrN2O2. The number of amides is 1. The zero-order valence-corrected chi connectivity index (χ0v) is 12.0. The zero-order chi connectivity index (χ0) is 13.0. The van der Waals surface area contributed by atoms with Gasteiger partial charge < -0.3 is 15.0 Å². The molecule has 0 aliphatic rings. The average Bonchev–Trinajstić information content (AvgIpc) is 2.68. The van der Waals surface area contributed by atoms with Gasteiger partial charge in [0.05, 0.1) is 12.6 Å². The number of carbonyl (C=O) groups is 1. The number of nitrogens with zero attached hydrogens (tertiary/aromatic N) is 1. The molecule has 0 aliphatic heterocycles. The summed E-state index contributed by atoms with van der Waals surface area (Å²) in [5.41, 5.74) is 0.610. The highest BCUT2D eigenvalue weighted by Gasteiger charge is 2.17. The molecule has 1 aromatic heterocycles. The van der Waals surface area contributed by atoms with E-state index >= 15 is 0 Å². The Morgan fingerprint density at radius 2 is 2.24 bits per heavy atom. The lowest BCUT2D eigenvalue weighted by molar-refractivity contribution is 0.0904. The van der Waals surface area contributed by atoms with Gasteiger partial charge in [0.15, 0.2) is 0 Å². The van der Waals surface area contributed by atoms with Crippen LogP contribution in [0.1, 0.15) is 43.7 Å². The van der Waals surface area contributed by atoms with Gasteiger partial charge in [0.1, 0.15) is 5.69 Å². The van der Waals surface area contributed by atoms with Crippen molar-refractivity contribution in [2.24, 2.45) is 0 Å². The monoisotopic (exact) mass is 302 g/mol. The molecule has 0 fully saturated rings. The van der Waals surface area contributed by atoms with Crippen LogP contribution < -0.4 is 5.32 Å². The maximum Gasteiger partial charge on any atom is 0.268 e. The third-order valence-corrected chi connectivity index (χ3v) is 3.09. The molecule has 0 bridgehead atoms. The summed E-state index contributed by atoms with van der Waals surface area (Å²) in [6.45, 7) is 5.93. The van der Waals surface area contributed by atoms with Gasteiger partial charge in [-0.3, -0.25) is 4.79 Å². The minimum Gasteiger partial charge on any atom is -0.394 e. The van der Waals surface area contributed by atoms with Crippen LogP contribution in [-0.2, 0) is 0 Å². The maximum atomic E-state index is 12.0. The second-order valence-corrected chi connectivity index (χ2v) is 5.22. The summed E-state index contributed by atoms with van der Waals surface area (Å²) in [5, 5.41) is 11.9. The topological polar surface area (TPSA) is 54.3 Å². The lowest BCUT2D eigenvalue weighted by atomic mass is 10.2. The first-order chi connectivity index (χ1) is 7.99. The van der Waals surface area contributed by atoms with Crippen molar-refractivity contribution in [1.82, 2.24) is 9.88 Å². The number of carbonyl (C=O) groups excluding carboxylic acids is 1. The molecule has 1 unspecified atom stereocenters. The number of hydrogen-bond donors (Lipinski definition) is 2. The lowest BCUT2D eigenvalue weighted by Gasteiger charge is -2.16. The van der Waals surface area contributed by atoms with Gasteiger partial charge in [-0.15, -0.1) is 0 Å². The number of aromatic nitrogens is 1. The van der Waals surface area contributed by atoms with Crippen LogP contribution in [0.15, 0.2) is 16.7 Å². The van der Waals surface area contributed by atoms with E-state index in [1.165, 1.54) is 0 Å². The van der Waals surface area contributed by atoms with Gasteiger partial charge in [-0.2, -0.15) is 0 Å². The molecule has 4 nitrogen and oxygen atoms in total. The fourth-order valence-corrected chi connectivity index (χ4v) is 2.03. The van der Waals surface area contributed by atoms with Gasteiger partial charge in [-0.05, 0) is 42.3 Å². The second kappa shape index (κ2) is 6.21. The fourth-order valence-electron chi connectivity index (χ4n) is 1.59. The SMILES string of the molecule is CCC(CO)NC(=O)c1cc(Br)cn1C(C)C. The maximum absolute atomic E-state index is 12.0. The standard InChI is InChI=1S/C12H19BrN2O2/c1-4-10(7-16)14-12(17)11-5-9(13)6-15(11)8(2)3/h5-6,8,10,16H,4,7H2,1-3H3,(H,14,17). The Labute approximate surface area is 110 Å². The highest BCUT2D eigenvalue weighted by molar-refractivity contribution is 9.10. The summed E-state index contributed by atoms with van der Waals surface area (Å²) >= 11 is 3.37. The van der Waals surface area contributed by atoms with Crippen LogP contribution in [0.3, 0.4) is 0 Å². The molecule has 5 heteroatoms. The predicted octanol–water partition coefficient (Wildman–Crippen LogP) is 2.33. The number of hydrogen-bond acceptors (Lipinski definition) is 2. The van der Waals surface area contributed by atoms with Crippen molar-refractivity contribution in [3.8, 4) is 0 Å². The van der Waals surface area contributed by atoms with Crippen molar-refractivity contribution in [3.63, 3.8) is 0 Å². The van der Waals surface area contributed by atoms with E-state index < -0.39 is 0 Å². The van der Waals surface area contributed by atoms with Crippen molar-refractivity contribution in [3.05, 3.63) is 22.4 Å². The molecule has 1 rings (SSSR count). The quantitative estimate of drug-likeness (QED) is 0.877. The molecule has 0 saturated heterocycles. The molecule has 1 heterocycles. The summed E-state index contributed by atoms with van der Waals surface area (Å²) in [5.74, 6) is -0.148. The molecule has 1 amide bonds. The van der Waals surface area contributed by atoms with Gasteiger partial charge in [0, 0.05) is 16.7 Å². The second-order valence-electron chi connectivity index (χ2n) is 4.31. The van der Waals surface area contributed by atoms with Crippen molar-refractivity contribution in [1.29, 1.82) is 0 Å². The highest BCUT2D eigenvalue weighted by Crippen LogP contribution is 2.19. The Kier molecular flexibility index (Phi) is 5.21. The number of rotatable bonds is 5. The average molecular weight is 303 g/mol. The summed E-state index contributed by atoms with van der Waals surface area (Å²) in [7, 11) is 0. The Balaban J connectivity index is 2.88. The van der Waals surface area contributed by atoms with E-state index in [1.807, 2.05) is 31.5 Å². The van der Waals surface area contributed by atoms with Crippen LogP contribution >= 0.6 is 15.9 Å². The zero-order valence-electron chi connectivity index (χ0n) is 10.4. The van der Waals surface area contributed by atoms with E-state index in [9.17, 15) is 4.79 Å². The van der Waals surface area contributed by atoms with E-state index in [4.69, 9.17) is 5.11 Å². The molecule has 0 saturated carbocycles. The van der Waals surface area contributed by atoms with E-state index in [-0.39, 0.29) is 24.6 Å². The highest BCUT2D eigenvalue weighted by atomic mass is 79.9. The number of nitrogens with one attached hydrogen (secondary N) is 1. The van der Waals surface area contributed by atoms with E-state index in [1.54, 1.807) is 6.07 Å². The molecule has 1 aromatic rings.